The number of benzene rings is 1. The molecular formula is C24H32N4O2. The van der Waals surface area contributed by atoms with Gasteiger partial charge in [-0.25, -0.2) is 0 Å². The number of nitriles is 1. The Kier molecular flexibility index (Phi) is 5.53. The number of nitrogens with one attached hydrogen (secondary N) is 1. The zero-order chi connectivity index (χ0) is 20.6. The number of ether oxygens (including phenoxy) is 1. The van der Waals surface area contributed by atoms with Crippen molar-refractivity contribution in [2.75, 3.05) is 39.4 Å². The van der Waals surface area contributed by atoms with Gasteiger partial charge in [0.2, 0.25) is 5.91 Å². The molecule has 5 rings (SSSR count). The fourth-order valence-electron chi connectivity index (χ4n) is 5.65. The summed E-state index contributed by atoms with van der Waals surface area (Å²) in [6, 6.07) is 14.4. The first-order valence-electron chi connectivity index (χ1n) is 11.5. The lowest BCUT2D eigenvalue weighted by Gasteiger charge is -2.57. The van der Waals surface area contributed by atoms with E-state index in [1.54, 1.807) is 0 Å². The first kappa shape index (κ1) is 20.0. The van der Waals surface area contributed by atoms with Crippen molar-refractivity contribution in [1.82, 2.24) is 15.1 Å². The number of carbonyl (C=O) groups excluding carboxylic acids is 1. The topological polar surface area (TPSA) is 68.6 Å². The lowest BCUT2D eigenvalue weighted by Crippen LogP contribution is -2.72. The van der Waals surface area contributed by atoms with Gasteiger partial charge >= 0.3 is 0 Å². The van der Waals surface area contributed by atoms with Gasteiger partial charge in [-0.3, -0.25) is 9.69 Å². The van der Waals surface area contributed by atoms with Crippen LogP contribution in [0.4, 0.5) is 0 Å². The zero-order valence-electron chi connectivity index (χ0n) is 17.6. The van der Waals surface area contributed by atoms with Crippen LogP contribution in [-0.2, 0) is 9.53 Å². The van der Waals surface area contributed by atoms with Gasteiger partial charge in [0.1, 0.15) is 0 Å². The first-order chi connectivity index (χ1) is 14.7. The predicted molar refractivity (Wildman–Crippen MR) is 114 cm³/mol. The molecule has 1 aromatic carbocycles. The van der Waals surface area contributed by atoms with Crippen LogP contribution in [-0.4, -0.2) is 72.7 Å². The molecule has 0 aromatic heterocycles. The summed E-state index contributed by atoms with van der Waals surface area (Å²) in [5, 5.41) is 13.3. The third-order valence-corrected chi connectivity index (χ3v) is 7.60. The Hall–Kier alpha value is -1.94. The van der Waals surface area contributed by atoms with E-state index in [4.69, 9.17) is 4.74 Å². The Bertz CT molecular complexity index is 787. The predicted octanol–water partition coefficient (Wildman–Crippen LogP) is 2.13. The maximum absolute atomic E-state index is 12.7. The van der Waals surface area contributed by atoms with Crippen molar-refractivity contribution >= 4 is 5.91 Å². The summed E-state index contributed by atoms with van der Waals surface area (Å²) in [6.45, 7) is 4.68. The molecule has 4 aliphatic rings. The van der Waals surface area contributed by atoms with E-state index in [9.17, 15) is 10.1 Å². The maximum Gasteiger partial charge on any atom is 0.228 e. The van der Waals surface area contributed by atoms with Crippen LogP contribution in [0.15, 0.2) is 30.3 Å². The van der Waals surface area contributed by atoms with Crippen LogP contribution >= 0.6 is 0 Å². The molecular weight excluding hydrogens is 376 g/mol. The minimum Gasteiger partial charge on any atom is -0.381 e. The van der Waals surface area contributed by atoms with Gasteiger partial charge in [0.05, 0.1) is 30.6 Å². The molecule has 1 saturated carbocycles. The van der Waals surface area contributed by atoms with Crippen LogP contribution in [0.3, 0.4) is 0 Å². The van der Waals surface area contributed by atoms with Gasteiger partial charge in [-0.2, -0.15) is 5.26 Å². The number of rotatable bonds is 6. The zero-order valence-corrected chi connectivity index (χ0v) is 17.6. The number of hydrogen-bond donors (Lipinski definition) is 1. The molecule has 1 amide bonds. The second-order valence-corrected chi connectivity index (χ2v) is 9.60. The first-order valence-corrected chi connectivity index (χ1v) is 11.5. The van der Waals surface area contributed by atoms with E-state index in [-0.39, 0.29) is 17.4 Å². The second-order valence-electron chi connectivity index (χ2n) is 9.60. The van der Waals surface area contributed by atoms with Crippen LogP contribution < -0.4 is 5.32 Å². The average molecular weight is 409 g/mol. The molecule has 1 aromatic rings. The number of likely N-dealkylation sites (tertiary alicyclic amines) is 2. The molecule has 0 spiro atoms. The normalized spacial score (nSPS) is 31.2. The van der Waals surface area contributed by atoms with E-state index in [1.807, 2.05) is 4.90 Å². The third-order valence-electron chi connectivity index (χ3n) is 7.60. The summed E-state index contributed by atoms with van der Waals surface area (Å²) < 4.78 is 5.38. The van der Waals surface area contributed by atoms with E-state index >= 15 is 0 Å². The summed E-state index contributed by atoms with van der Waals surface area (Å²) >= 11 is 0. The second kappa shape index (κ2) is 8.30. The molecule has 1 unspecified atom stereocenters. The molecule has 1 N–H and O–H groups in total. The fraction of sp³-hybridized carbons (Fsp3) is 0.667. The van der Waals surface area contributed by atoms with Gasteiger partial charge in [-0.05, 0) is 31.2 Å². The number of hydrogen-bond acceptors (Lipinski definition) is 5. The Morgan fingerprint density at radius 2 is 1.97 bits per heavy atom. The highest BCUT2D eigenvalue weighted by Gasteiger charge is 2.51. The molecule has 0 radical (unpaired) electrons. The standard InChI is InChI=1S/C24H32N4O2/c25-10-9-24(16-27(17-24)23(29)19-8-13-30-15-19)28-11-6-20(7-12-28)26-22-14-21(22)18-4-2-1-3-5-18/h1-5,19-22,26H,6-9,11-17H2/t19?,21-,22+/m0/s1. The highest BCUT2D eigenvalue weighted by Crippen LogP contribution is 2.42. The minimum absolute atomic E-state index is 0.0242. The van der Waals surface area contributed by atoms with Crippen LogP contribution in [0.1, 0.15) is 43.6 Å². The average Bonchev–Trinajstić information content (AvgIpc) is 3.29. The number of carbonyl (C=O) groups is 1. The fourth-order valence-corrected chi connectivity index (χ4v) is 5.65. The molecule has 3 aliphatic heterocycles. The molecule has 1 aliphatic carbocycles. The van der Waals surface area contributed by atoms with Crippen molar-refractivity contribution < 1.29 is 9.53 Å². The summed E-state index contributed by atoms with van der Waals surface area (Å²) in [6.07, 6.45) is 4.83. The molecule has 4 fully saturated rings. The third kappa shape index (κ3) is 3.87. The summed E-state index contributed by atoms with van der Waals surface area (Å²) in [5.41, 5.74) is 1.31. The van der Waals surface area contributed by atoms with Crippen LogP contribution in [0.5, 0.6) is 0 Å². The van der Waals surface area contributed by atoms with Gasteiger partial charge in [-0.15, -0.1) is 0 Å². The summed E-state index contributed by atoms with van der Waals surface area (Å²) in [7, 11) is 0. The Labute approximate surface area is 179 Å². The molecule has 30 heavy (non-hydrogen) atoms. The SMILES string of the molecule is N#CCC1(N2CCC(N[C@@H]3C[C@H]3c3ccccc3)CC2)CN(C(=O)C2CCOC2)C1. The van der Waals surface area contributed by atoms with Crippen molar-refractivity contribution in [3.05, 3.63) is 35.9 Å². The smallest absolute Gasteiger partial charge is 0.228 e. The lowest BCUT2D eigenvalue weighted by molar-refractivity contribution is -0.151. The van der Waals surface area contributed by atoms with Crippen LogP contribution in [0.2, 0.25) is 0 Å². The van der Waals surface area contributed by atoms with E-state index < -0.39 is 0 Å². The minimum atomic E-state index is -0.138. The summed E-state index contributed by atoms with van der Waals surface area (Å²) in [4.78, 5) is 17.1. The van der Waals surface area contributed by atoms with Crippen molar-refractivity contribution in [2.24, 2.45) is 5.92 Å². The lowest BCUT2D eigenvalue weighted by atomic mass is 9.82. The molecule has 0 bridgehead atoms. The summed E-state index contributed by atoms with van der Waals surface area (Å²) in [5.74, 6) is 0.911. The number of nitrogens with zero attached hydrogens (tertiary/aromatic N) is 3. The molecule has 3 saturated heterocycles. The number of piperidine rings is 1. The van der Waals surface area contributed by atoms with E-state index in [0.29, 0.717) is 50.7 Å². The Morgan fingerprint density at radius 3 is 2.63 bits per heavy atom. The van der Waals surface area contributed by atoms with E-state index in [1.165, 1.54) is 12.0 Å². The van der Waals surface area contributed by atoms with Crippen molar-refractivity contribution in [3.63, 3.8) is 0 Å². The van der Waals surface area contributed by atoms with Gasteiger partial charge in [0.15, 0.2) is 0 Å². The highest BCUT2D eigenvalue weighted by atomic mass is 16.5. The van der Waals surface area contributed by atoms with E-state index in [2.05, 4.69) is 46.6 Å². The van der Waals surface area contributed by atoms with Crippen LogP contribution in [0.25, 0.3) is 0 Å². The van der Waals surface area contributed by atoms with Gasteiger partial charge in [0.25, 0.3) is 0 Å². The van der Waals surface area contributed by atoms with Crippen LogP contribution in [0, 0.1) is 17.2 Å². The largest absolute Gasteiger partial charge is 0.381 e. The molecule has 3 heterocycles. The Balaban J connectivity index is 1.11. The van der Waals surface area contributed by atoms with Crippen molar-refractivity contribution in [2.45, 2.75) is 55.6 Å². The number of amides is 1. The van der Waals surface area contributed by atoms with Gasteiger partial charge < -0.3 is 15.0 Å². The molecule has 6 heteroatoms. The maximum atomic E-state index is 12.7. The van der Waals surface area contributed by atoms with E-state index in [0.717, 1.165) is 32.4 Å². The molecule has 3 atom stereocenters. The quantitative estimate of drug-likeness (QED) is 0.781. The van der Waals surface area contributed by atoms with Gasteiger partial charge in [0, 0.05) is 50.8 Å². The van der Waals surface area contributed by atoms with Crippen molar-refractivity contribution in [1.29, 1.82) is 5.26 Å². The molecule has 6 nitrogen and oxygen atoms in total. The molecule has 160 valence electrons. The van der Waals surface area contributed by atoms with Gasteiger partial charge in [-0.1, -0.05) is 30.3 Å². The Morgan fingerprint density at radius 1 is 1.20 bits per heavy atom. The highest BCUT2D eigenvalue weighted by molar-refractivity contribution is 5.80. The monoisotopic (exact) mass is 408 g/mol. The van der Waals surface area contributed by atoms with Crippen molar-refractivity contribution in [3.8, 4) is 6.07 Å².